The van der Waals surface area contributed by atoms with Crippen molar-refractivity contribution in [3.05, 3.63) is 29.8 Å². The Morgan fingerprint density at radius 1 is 1.27 bits per heavy atom. The summed E-state index contributed by atoms with van der Waals surface area (Å²) in [6.45, 7) is 4.00. The largest absolute Gasteiger partial charge is 0.490 e. The molecule has 1 aromatic rings. The molecule has 0 saturated carbocycles. The first-order valence-corrected chi connectivity index (χ1v) is 10.8. The van der Waals surface area contributed by atoms with Crippen molar-refractivity contribution in [1.82, 2.24) is 10.2 Å². The number of ether oxygens (including phenoxy) is 1. The number of thioether (sulfide) groups is 1. The standard InChI is InChI=1S/C20H30N2O3S/c1-15-4-2-3-5-19(15)25-14-18(23)20(24)21-16-6-10-22(11-7-16)17-8-12-26-13-9-17/h2-5,16-18,23H,6-14H2,1H3,(H,21,24). The van der Waals surface area contributed by atoms with Gasteiger partial charge in [0.25, 0.3) is 5.91 Å². The number of hydrogen-bond acceptors (Lipinski definition) is 5. The number of likely N-dealkylation sites (tertiary alicyclic amines) is 1. The molecule has 0 aromatic heterocycles. The molecular weight excluding hydrogens is 348 g/mol. The molecule has 1 aromatic carbocycles. The molecule has 2 fully saturated rings. The summed E-state index contributed by atoms with van der Waals surface area (Å²) in [5.74, 6) is 2.92. The molecule has 2 aliphatic rings. The number of carbonyl (C=O) groups excluding carboxylic acids is 1. The van der Waals surface area contributed by atoms with Gasteiger partial charge in [-0.3, -0.25) is 4.79 Å². The Kier molecular flexibility index (Phi) is 7.23. The minimum absolute atomic E-state index is 0.0186. The predicted molar refractivity (Wildman–Crippen MR) is 106 cm³/mol. The molecular formula is C20H30N2O3S. The van der Waals surface area contributed by atoms with Gasteiger partial charge in [-0.2, -0.15) is 11.8 Å². The Bertz CT molecular complexity index is 584. The van der Waals surface area contributed by atoms with Crippen molar-refractivity contribution in [3.8, 4) is 5.75 Å². The highest BCUT2D eigenvalue weighted by molar-refractivity contribution is 7.99. The molecule has 0 radical (unpaired) electrons. The lowest BCUT2D eigenvalue weighted by Gasteiger charge is -2.39. The third-order valence-corrected chi connectivity index (χ3v) is 6.42. The van der Waals surface area contributed by atoms with Crippen LogP contribution in [0.25, 0.3) is 0 Å². The number of carbonyl (C=O) groups is 1. The van der Waals surface area contributed by atoms with Crippen molar-refractivity contribution in [2.45, 2.75) is 50.8 Å². The smallest absolute Gasteiger partial charge is 0.252 e. The average Bonchev–Trinajstić information content (AvgIpc) is 2.68. The molecule has 0 bridgehead atoms. The van der Waals surface area contributed by atoms with E-state index in [9.17, 15) is 9.90 Å². The number of nitrogens with zero attached hydrogens (tertiary/aromatic N) is 1. The molecule has 1 atom stereocenters. The zero-order valence-electron chi connectivity index (χ0n) is 15.5. The molecule has 3 rings (SSSR count). The molecule has 2 saturated heterocycles. The van der Waals surface area contributed by atoms with Crippen LogP contribution in [-0.2, 0) is 4.79 Å². The lowest BCUT2D eigenvalue weighted by Crippen LogP contribution is -2.51. The fourth-order valence-corrected chi connectivity index (χ4v) is 4.80. The van der Waals surface area contributed by atoms with E-state index >= 15 is 0 Å². The molecule has 0 spiro atoms. The normalized spacial score (nSPS) is 21.3. The highest BCUT2D eigenvalue weighted by Gasteiger charge is 2.28. The van der Waals surface area contributed by atoms with Crippen molar-refractivity contribution in [3.63, 3.8) is 0 Å². The van der Waals surface area contributed by atoms with Gasteiger partial charge in [0.05, 0.1) is 0 Å². The summed E-state index contributed by atoms with van der Waals surface area (Å²) in [5.41, 5.74) is 0.994. The minimum atomic E-state index is -1.14. The van der Waals surface area contributed by atoms with E-state index in [-0.39, 0.29) is 18.6 Å². The number of aliphatic hydroxyl groups excluding tert-OH is 1. The number of aliphatic hydroxyl groups is 1. The third kappa shape index (κ3) is 5.38. The number of para-hydroxylation sites is 1. The highest BCUT2D eigenvalue weighted by Crippen LogP contribution is 2.24. The topological polar surface area (TPSA) is 61.8 Å². The Balaban J connectivity index is 1.38. The fraction of sp³-hybridized carbons (Fsp3) is 0.650. The molecule has 1 unspecified atom stereocenters. The van der Waals surface area contributed by atoms with Gasteiger partial charge < -0.3 is 20.1 Å². The molecule has 1 amide bonds. The fourth-order valence-electron chi connectivity index (χ4n) is 3.72. The summed E-state index contributed by atoms with van der Waals surface area (Å²) in [4.78, 5) is 14.8. The number of piperidine rings is 1. The van der Waals surface area contributed by atoms with Crippen molar-refractivity contribution < 1.29 is 14.6 Å². The quantitative estimate of drug-likeness (QED) is 0.795. The van der Waals surface area contributed by atoms with Gasteiger partial charge in [0, 0.05) is 25.2 Å². The summed E-state index contributed by atoms with van der Waals surface area (Å²) in [6.07, 6.45) is 3.36. The van der Waals surface area contributed by atoms with Crippen LogP contribution in [0.3, 0.4) is 0 Å². The third-order valence-electron chi connectivity index (χ3n) is 5.38. The number of hydrogen-bond donors (Lipinski definition) is 2. The van der Waals surface area contributed by atoms with Crippen LogP contribution in [0.15, 0.2) is 24.3 Å². The van der Waals surface area contributed by atoms with Crippen LogP contribution in [0.2, 0.25) is 0 Å². The number of aryl methyl sites for hydroxylation is 1. The monoisotopic (exact) mass is 378 g/mol. The molecule has 2 heterocycles. The van der Waals surface area contributed by atoms with Crippen molar-refractivity contribution in [1.29, 1.82) is 0 Å². The van der Waals surface area contributed by atoms with Gasteiger partial charge in [0.1, 0.15) is 12.4 Å². The maximum atomic E-state index is 12.2. The first kappa shape index (κ1) is 19.5. The van der Waals surface area contributed by atoms with Gasteiger partial charge in [-0.25, -0.2) is 0 Å². The molecule has 2 aliphatic heterocycles. The van der Waals surface area contributed by atoms with E-state index in [2.05, 4.69) is 22.0 Å². The second-order valence-electron chi connectivity index (χ2n) is 7.25. The van der Waals surface area contributed by atoms with E-state index in [0.717, 1.165) is 37.5 Å². The lowest BCUT2D eigenvalue weighted by atomic mass is 10.0. The van der Waals surface area contributed by atoms with Crippen LogP contribution >= 0.6 is 11.8 Å². The lowest BCUT2D eigenvalue weighted by molar-refractivity contribution is -0.131. The molecule has 6 heteroatoms. The predicted octanol–water partition coefficient (Wildman–Crippen LogP) is 2.21. The maximum absolute atomic E-state index is 12.2. The van der Waals surface area contributed by atoms with Crippen LogP contribution < -0.4 is 10.1 Å². The first-order valence-electron chi connectivity index (χ1n) is 9.62. The van der Waals surface area contributed by atoms with E-state index in [4.69, 9.17) is 4.74 Å². The second kappa shape index (κ2) is 9.62. The number of benzene rings is 1. The second-order valence-corrected chi connectivity index (χ2v) is 8.48. The zero-order chi connectivity index (χ0) is 18.4. The number of rotatable bonds is 6. The maximum Gasteiger partial charge on any atom is 0.252 e. The summed E-state index contributed by atoms with van der Waals surface area (Å²) in [7, 11) is 0. The van der Waals surface area contributed by atoms with E-state index in [1.807, 2.05) is 31.2 Å². The van der Waals surface area contributed by atoms with Gasteiger partial charge >= 0.3 is 0 Å². The van der Waals surface area contributed by atoms with Crippen molar-refractivity contribution in [2.75, 3.05) is 31.2 Å². The minimum Gasteiger partial charge on any atom is -0.490 e. The Morgan fingerprint density at radius 2 is 1.96 bits per heavy atom. The van der Waals surface area contributed by atoms with Gasteiger partial charge in [0.15, 0.2) is 6.10 Å². The Morgan fingerprint density at radius 3 is 2.65 bits per heavy atom. The van der Waals surface area contributed by atoms with Crippen LogP contribution in [0.4, 0.5) is 0 Å². The average molecular weight is 379 g/mol. The summed E-state index contributed by atoms with van der Waals surface area (Å²) < 4.78 is 5.58. The van der Waals surface area contributed by atoms with E-state index in [0.29, 0.717) is 5.75 Å². The van der Waals surface area contributed by atoms with Gasteiger partial charge in [0.2, 0.25) is 0 Å². The molecule has 5 nitrogen and oxygen atoms in total. The van der Waals surface area contributed by atoms with Crippen molar-refractivity contribution in [2.24, 2.45) is 0 Å². The number of nitrogens with one attached hydrogen (secondary N) is 1. The number of amides is 1. The van der Waals surface area contributed by atoms with Crippen LogP contribution in [0, 0.1) is 6.92 Å². The van der Waals surface area contributed by atoms with E-state index in [1.54, 1.807) is 0 Å². The van der Waals surface area contributed by atoms with Gasteiger partial charge in [-0.1, -0.05) is 18.2 Å². The Hall–Kier alpha value is -1.24. The van der Waals surface area contributed by atoms with Gasteiger partial charge in [-0.15, -0.1) is 0 Å². The Labute approximate surface area is 160 Å². The summed E-state index contributed by atoms with van der Waals surface area (Å²) in [5, 5.41) is 13.1. The molecule has 2 N–H and O–H groups in total. The van der Waals surface area contributed by atoms with Gasteiger partial charge in [-0.05, 0) is 55.7 Å². The first-order chi connectivity index (χ1) is 12.6. The van der Waals surface area contributed by atoms with E-state index < -0.39 is 6.10 Å². The van der Waals surface area contributed by atoms with E-state index in [1.165, 1.54) is 24.3 Å². The molecule has 26 heavy (non-hydrogen) atoms. The van der Waals surface area contributed by atoms with Crippen LogP contribution in [-0.4, -0.2) is 65.3 Å². The SMILES string of the molecule is Cc1ccccc1OCC(O)C(=O)NC1CCN(C2CCSCC2)CC1. The summed E-state index contributed by atoms with van der Waals surface area (Å²) >= 11 is 2.06. The molecule has 0 aliphatic carbocycles. The van der Waals surface area contributed by atoms with Crippen molar-refractivity contribution >= 4 is 17.7 Å². The molecule has 144 valence electrons. The van der Waals surface area contributed by atoms with Crippen LogP contribution in [0.5, 0.6) is 5.75 Å². The highest BCUT2D eigenvalue weighted by atomic mass is 32.2. The summed E-state index contributed by atoms with van der Waals surface area (Å²) in [6, 6.07) is 8.49. The van der Waals surface area contributed by atoms with Crippen LogP contribution in [0.1, 0.15) is 31.2 Å². The zero-order valence-corrected chi connectivity index (χ0v) is 16.3.